The highest BCUT2D eigenvalue weighted by Crippen LogP contribution is 2.19. The molecule has 2 heterocycles. The number of amides is 1. The van der Waals surface area contributed by atoms with Gasteiger partial charge in [0.05, 0.1) is 18.8 Å². The Kier molecular flexibility index (Phi) is 3.06. The molecule has 2 fully saturated rings. The largest absolute Gasteiger partial charge is 0.465 e. The first kappa shape index (κ1) is 10.6. The molecule has 2 atom stereocenters. The van der Waals surface area contributed by atoms with Crippen LogP contribution in [-0.2, 0) is 4.74 Å². The van der Waals surface area contributed by atoms with Gasteiger partial charge in [0, 0.05) is 19.6 Å². The first-order valence-corrected chi connectivity index (χ1v) is 5.15. The first-order valence-electron chi connectivity index (χ1n) is 5.15. The van der Waals surface area contributed by atoms with Crippen molar-refractivity contribution in [3.63, 3.8) is 0 Å². The zero-order valence-electron chi connectivity index (χ0n) is 8.36. The zero-order chi connectivity index (χ0) is 10.8. The number of carbonyl (C=O) groups is 1. The average Bonchev–Trinajstić information content (AvgIpc) is 2.12. The van der Waals surface area contributed by atoms with Crippen LogP contribution in [0, 0.1) is 0 Å². The summed E-state index contributed by atoms with van der Waals surface area (Å²) >= 11 is 0. The van der Waals surface area contributed by atoms with Gasteiger partial charge in [0.1, 0.15) is 6.17 Å². The van der Waals surface area contributed by atoms with Crippen molar-refractivity contribution < 1.29 is 19.0 Å². The van der Waals surface area contributed by atoms with Crippen LogP contribution in [0.4, 0.5) is 9.18 Å². The van der Waals surface area contributed by atoms with Crippen molar-refractivity contribution in [3.05, 3.63) is 0 Å². The van der Waals surface area contributed by atoms with Crippen molar-refractivity contribution in [1.82, 2.24) is 10.2 Å². The molecule has 2 rings (SSSR count). The second-order valence-corrected chi connectivity index (χ2v) is 3.99. The number of halogens is 1. The second kappa shape index (κ2) is 4.32. The molecule has 0 aromatic carbocycles. The highest BCUT2D eigenvalue weighted by Gasteiger charge is 2.34. The zero-order valence-corrected chi connectivity index (χ0v) is 8.36. The molecule has 6 heteroatoms. The molecule has 86 valence electrons. The summed E-state index contributed by atoms with van der Waals surface area (Å²) < 4.78 is 19.0. The lowest BCUT2D eigenvalue weighted by molar-refractivity contribution is -0.0939. The minimum atomic E-state index is -1.20. The lowest BCUT2D eigenvalue weighted by Gasteiger charge is -2.37. The Hall–Kier alpha value is -0.880. The third-order valence-corrected chi connectivity index (χ3v) is 2.86. The standard InChI is InChI=1S/C9H15FN2O3/c10-7-5-12(9(13)14)2-1-8(7)15-6-3-11-4-6/h6-8,11H,1-5H2,(H,13,14)/t7-,8-/m1/s1. The fraction of sp³-hybridized carbons (Fsp3) is 0.889. The number of ether oxygens (including phenoxy) is 1. The fourth-order valence-corrected chi connectivity index (χ4v) is 1.82. The van der Waals surface area contributed by atoms with Gasteiger partial charge in [-0.3, -0.25) is 0 Å². The molecule has 0 spiro atoms. The van der Waals surface area contributed by atoms with Gasteiger partial charge in [0.2, 0.25) is 0 Å². The third kappa shape index (κ3) is 2.38. The number of hydrogen-bond donors (Lipinski definition) is 2. The second-order valence-electron chi connectivity index (χ2n) is 3.99. The number of alkyl halides is 1. The quantitative estimate of drug-likeness (QED) is 0.688. The van der Waals surface area contributed by atoms with E-state index in [1.807, 2.05) is 0 Å². The predicted molar refractivity (Wildman–Crippen MR) is 50.6 cm³/mol. The molecule has 0 bridgehead atoms. The number of carboxylic acid groups (broad SMARTS) is 1. The number of hydrogen-bond acceptors (Lipinski definition) is 3. The van der Waals surface area contributed by atoms with Crippen LogP contribution in [0.2, 0.25) is 0 Å². The van der Waals surface area contributed by atoms with Crippen molar-refractivity contribution in [2.75, 3.05) is 26.2 Å². The SMILES string of the molecule is O=C(O)N1CC[C@@H](OC2CNC2)[C@H](F)C1. The molecule has 5 nitrogen and oxygen atoms in total. The molecule has 2 N–H and O–H groups in total. The maximum Gasteiger partial charge on any atom is 0.407 e. The minimum absolute atomic E-state index is 0.0693. The molecule has 2 saturated heterocycles. The summed E-state index contributed by atoms with van der Waals surface area (Å²) in [6.07, 6.45) is -2.14. The van der Waals surface area contributed by atoms with Gasteiger partial charge in [-0.25, -0.2) is 9.18 Å². The lowest BCUT2D eigenvalue weighted by atomic mass is 10.1. The van der Waals surface area contributed by atoms with Crippen molar-refractivity contribution in [2.24, 2.45) is 0 Å². The molecule has 15 heavy (non-hydrogen) atoms. The summed E-state index contributed by atoms with van der Waals surface area (Å²) in [5.41, 5.74) is 0. The van der Waals surface area contributed by atoms with E-state index in [0.29, 0.717) is 13.0 Å². The summed E-state index contributed by atoms with van der Waals surface area (Å²) in [5, 5.41) is 11.7. The molecule has 1 amide bonds. The van der Waals surface area contributed by atoms with Crippen molar-refractivity contribution in [1.29, 1.82) is 0 Å². The van der Waals surface area contributed by atoms with Gasteiger partial charge in [0.15, 0.2) is 0 Å². The van der Waals surface area contributed by atoms with Crippen molar-refractivity contribution >= 4 is 6.09 Å². The Bertz CT molecular complexity index is 248. The summed E-state index contributed by atoms with van der Waals surface area (Å²) in [7, 11) is 0. The summed E-state index contributed by atoms with van der Waals surface area (Å²) in [6.45, 7) is 1.83. The molecule has 0 saturated carbocycles. The number of rotatable bonds is 2. The Morgan fingerprint density at radius 3 is 2.73 bits per heavy atom. The highest BCUT2D eigenvalue weighted by atomic mass is 19.1. The van der Waals surface area contributed by atoms with Gasteiger partial charge in [-0.15, -0.1) is 0 Å². The summed E-state index contributed by atoms with van der Waals surface area (Å²) in [5.74, 6) is 0. The number of nitrogens with zero attached hydrogens (tertiary/aromatic N) is 1. The minimum Gasteiger partial charge on any atom is -0.465 e. The molecule has 0 aromatic rings. The predicted octanol–water partition coefficient (Wildman–Crippen LogP) is 0.0652. The average molecular weight is 218 g/mol. The Balaban J connectivity index is 1.80. The molecule has 0 unspecified atom stereocenters. The molecule has 0 aromatic heterocycles. The molecule has 0 aliphatic carbocycles. The molecule has 2 aliphatic rings. The van der Waals surface area contributed by atoms with Crippen LogP contribution in [-0.4, -0.2) is 60.7 Å². The van der Waals surface area contributed by atoms with E-state index >= 15 is 0 Å². The van der Waals surface area contributed by atoms with Crippen LogP contribution in [0.1, 0.15) is 6.42 Å². The summed E-state index contributed by atoms with van der Waals surface area (Å²) in [4.78, 5) is 11.7. The van der Waals surface area contributed by atoms with E-state index in [2.05, 4.69) is 5.32 Å². The van der Waals surface area contributed by atoms with Gasteiger partial charge < -0.3 is 20.1 Å². The maximum atomic E-state index is 13.5. The summed E-state index contributed by atoms with van der Waals surface area (Å²) in [6, 6.07) is 0. The van der Waals surface area contributed by atoms with Crippen LogP contribution >= 0.6 is 0 Å². The Morgan fingerprint density at radius 2 is 2.27 bits per heavy atom. The highest BCUT2D eigenvalue weighted by molar-refractivity contribution is 5.65. The maximum absolute atomic E-state index is 13.5. The van der Waals surface area contributed by atoms with E-state index in [1.54, 1.807) is 0 Å². The van der Waals surface area contributed by atoms with E-state index in [9.17, 15) is 9.18 Å². The third-order valence-electron chi connectivity index (χ3n) is 2.86. The van der Waals surface area contributed by atoms with E-state index in [0.717, 1.165) is 18.0 Å². The monoisotopic (exact) mass is 218 g/mol. The van der Waals surface area contributed by atoms with Gasteiger partial charge in [-0.05, 0) is 6.42 Å². The number of nitrogens with one attached hydrogen (secondary N) is 1. The first-order chi connectivity index (χ1) is 7.16. The topological polar surface area (TPSA) is 61.8 Å². The van der Waals surface area contributed by atoms with E-state index in [1.165, 1.54) is 0 Å². The Labute approximate surface area is 87.2 Å². The molecular weight excluding hydrogens is 203 g/mol. The van der Waals surface area contributed by atoms with Crippen molar-refractivity contribution in [2.45, 2.75) is 24.8 Å². The van der Waals surface area contributed by atoms with Gasteiger partial charge in [0.25, 0.3) is 0 Å². The van der Waals surface area contributed by atoms with Crippen LogP contribution in [0.3, 0.4) is 0 Å². The molecular formula is C9H15FN2O3. The van der Waals surface area contributed by atoms with Gasteiger partial charge >= 0.3 is 6.09 Å². The van der Waals surface area contributed by atoms with E-state index in [-0.39, 0.29) is 12.6 Å². The lowest BCUT2D eigenvalue weighted by Crippen LogP contribution is -2.54. The van der Waals surface area contributed by atoms with Crippen molar-refractivity contribution in [3.8, 4) is 0 Å². The van der Waals surface area contributed by atoms with Crippen LogP contribution in [0.25, 0.3) is 0 Å². The smallest absolute Gasteiger partial charge is 0.407 e. The molecule has 2 aliphatic heterocycles. The number of piperidine rings is 1. The Morgan fingerprint density at radius 1 is 1.53 bits per heavy atom. The van der Waals surface area contributed by atoms with Gasteiger partial charge in [-0.2, -0.15) is 0 Å². The van der Waals surface area contributed by atoms with E-state index in [4.69, 9.17) is 9.84 Å². The normalized spacial score (nSPS) is 32.5. The van der Waals surface area contributed by atoms with Crippen LogP contribution in [0.5, 0.6) is 0 Å². The fourth-order valence-electron chi connectivity index (χ4n) is 1.82. The van der Waals surface area contributed by atoms with Crippen LogP contribution < -0.4 is 5.32 Å². The van der Waals surface area contributed by atoms with Crippen LogP contribution in [0.15, 0.2) is 0 Å². The van der Waals surface area contributed by atoms with Gasteiger partial charge in [-0.1, -0.05) is 0 Å². The van der Waals surface area contributed by atoms with E-state index < -0.39 is 18.4 Å². The number of likely N-dealkylation sites (tertiary alicyclic amines) is 1. The molecule has 0 radical (unpaired) electrons.